The van der Waals surface area contributed by atoms with Gasteiger partial charge in [0.25, 0.3) is 0 Å². The van der Waals surface area contributed by atoms with E-state index < -0.39 is 5.60 Å². The average molecular weight is 448 g/mol. The molecule has 1 aliphatic rings. The van der Waals surface area contributed by atoms with Gasteiger partial charge in [-0.3, -0.25) is 4.90 Å². The third kappa shape index (κ3) is 4.27. The topological polar surface area (TPSA) is 48.0 Å². The van der Waals surface area contributed by atoms with Crippen LogP contribution in [-0.4, -0.2) is 25.9 Å². The van der Waals surface area contributed by atoms with Crippen molar-refractivity contribution in [3.8, 4) is 11.5 Å². The summed E-state index contributed by atoms with van der Waals surface area (Å²) in [6, 6.07) is 11.6. The van der Waals surface area contributed by atoms with Gasteiger partial charge in [-0.1, -0.05) is 28.1 Å². The monoisotopic (exact) mass is 447 g/mol. The van der Waals surface area contributed by atoms with Crippen LogP contribution in [0.2, 0.25) is 0 Å². The molecule has 0 N–H and O–H groups in total. The third-order valence-electron chi connectivity index (χ3n) is 4.67. The minimum absolute atomic E-state index is 0.150. The molecule has 150 valence electrons. The second kappa shape index (κ2) is 8.03. The molecule has 1 amide bonds. The second-order valence-corrected chi connectivity index (χ2v) is 8.71. The Morgan fingerprint density at radius 2 is 1.79 bits per heavy atom. The molecule has 3 rings (SSSR count). The van der Waals surface area contributed by atoms with Gasteiger partial charge in [-0.05, 0) is 69.0 Å². The Morgan fingerprint density at radius 3 is 2.36 bits per heavy atom. The fourth-order valence-electron chi connectivity index (χ4n) is 3.50. The number of ether oxygens (including phenoxy) is 3. The molecule has 2 aromatic carbocycles. The summed E-state index contributed by atoms with van der Waals surface area (Å²) in [5.41, 5.74) is 2.26. The van der Waals surface area contributed by atoms with Crippen molar-refractivity contribution < 1.29 is 19.0 Å². The smallest absolute Gasteiger partial charge is 0.415 e. The summed E-state index contributed by atoms with van der Waals surface area (Å²) in [5.74, 6) is 1.43. The summed E-state index contributed by atoms with van der Waals surface area (Å²) in [6.07, 6.45) is 1.24. The maximum atomic E-state index is 13.2. The van der Waals surface area contributed by atoms with Crippen LogP contribution in [0, 0.1) is 0 Å². The summed E-state index contributed by atoms with van der Waals surface area (Å²) >= 11 is 3.54. The summed E-state index contributed by atoms with van der Waals surface area (Å²) in [5, 5.41) is 0. The number of hydrogen-bond donors (Lipinski definition) is 0. The van der Waals surface area contributed by atoms with Crippen molar-refractivity contribution in [2.45, 2.75) is 45.3 Å². The number of nitrogens with zero attached hydrogens (tertiary/aromatic N) is 1. The van der Waals surface area contributed by atoms with Crippen molar-refractivity contribution in [1.82, 2.24) is 0 Å². The molecule has 1 heterocycles. The molecule has 2 aromatic rings. The van der Waals surface area contributed by atoms with E-state index >= 15 is 0 Å². The summed E-state index contributed by atoms with van der Waals surface area (Å²) in [4.78, 5) is 15.0. The highest BCUT2D eigenvalue weighted by Gasteiger charge is 2.37. The molecule has 0 spiro atoms. The lowest BCUT2D eigenvalue weighted by atomic mass is 9.91. The SMILES string of the molecule is COc1ccc(C2CCc3cc(Br)cc(OC)c3N2C(=O)OC(C)(C)C)cc1. The number of fused-ring (bicyclic) bond motifs is 1. The first-order valence-electron chi connectivity index (χ1n) is 9.26. The Kier molecular flexibility index (Phi) is 5.89. The van der Waals surface area contributed by atoms with E-state index in [1.165, 1.54) is 0 Å². The van der Waals surface area contributed by atoms with E-state index in [9.17, 15) is 4.79 Å². The van der Waals surface area contributed by atoms with Gasteiger partial charge in [0.1, 0.15) is 17.1 Å². The number of carbonyl (C=O) groups excluding carboxylic acids is 1. The minimum atomic E-state index is -0.595. The Bertz CT molecular complexity index is 841. The molecular formula is C22H26BrNO4. The largest absolute Gasteiger partial charge is 0.497 e. The molecule has 1 aliphatic heterocycles. The van der Waals surface area contributed by atoms with Crippen LogP contribution in [0.3, 0.4) is 0 Å². The zero-order valence-corrected chi connectivity index (χ0v) is 18.5. The zero-order valence-electron chi connectivity index (χ0n) is 16.9. The van der Waals surface area contributed by atoms with E-state index in [0.717, 1.165) is 39.9 Å². The van der Waals surface area contributed by atoms with Crippen LogP contribution >= 0.6 is 15.9 Å². The van der Waals surface area contributed by atoms with Crippen LogP contribution in [0.4, 0.5) is 10.5 Å². The number of aryl methyl sites for hydroxylation is 1. The van der Waals surface area contributed by atoms with E-state index in [4.69, 9.17) is 14.2 Å². The van der Waals surface area contributed by atoms with Crippen LogP contribution in [0.5, 0.6) is 11.5 Å². The Labute approximate surface area is 174 Å². The van der Waals surface area contributed by atoms with Gasteiger partial charge in [-0.25, -0.2) is 4.79 Å². The highest BCUT2D eigenvalue weighted by atomic mass is 79.9. The van der Waals surface area contributed by atoms with E-state index in [-0.39, 0.29) is 12.1 Å². The van der Waals surface area contributed by atoms with Gasteiger partial charge in [0.05, 0.1) is 25.9 Å². The summed E-state index contributed by atoms with van der Waals surface area (Å²) in [7, 11) is 3.26. The third-order valence-corrected chi connectivity index (χ3v) is 5.13. The van der Waals surface area contributed by atoms with Gasteiger partial charge in [-0.2, -0.15) is 0 Å². The molecule has 5 nitrogen and oxygen atoms in total. The van der Waals surface area contributed by atoms with Crippen LogP contribution in [-0.2, 0) is 11.2 Å². The highest BCUT2D eigenvalue weighted by molar-refractivity contribution is 9.10. The lowest BCUT2D eigenvalue weighted by Crippen LogP contribution is -2.42. The van der Waals surface area contributed by atoms with E-state index in [1.807, 2.05) is 57.2 Å². The summed E-state index contributed by atoms with van der Waals surface area (Å²) < 4.78 is 17.6. The molecule has 0 saturated heterocycles. The van der Waals surface area contributed by atoms with Gasteiger partial charge < -0.3 is 14.2 Å². The second-order valence-electron chi connectivity index (χ2n) is 7.79. The maximum absolute atomic E-state index is 13.2. The molecule has 0 aromatic heterocycles. The fourth-order valence-corrected chi connectivity index (χ4v) is 3.98. The Hall–Kier alpha value is -2.21. The number of carbonyl (C=O) groups is 1. The van der Waals surface area contributed by atoms with Crippen LogP contribution in [0.1, 0.15) is 44.4 Å². The molecular weight excluding hydrogens is 422 g/mol. The van der Waals surface area contributed by atoms with Gasteiger partial charge >= 0.3 is 6.09 Å². The Morgan fingerprint density at radius 1 is 1.11 bits per heavy atom. The molecule has 1 unspecified atom stereocenters. The highest BCUT2D eigenvalue weighted by Crippen LogP contribution is 2.46. The van der Waals surface area contributed by atoms with Crippen molar-refractivity contribution in [3.63, 3.8) is 0 Å². The first kappa shape index (κ1) is 20.5. The van der Waals surface area contributed by atoms with Gasteiger partial charge in [0.15, 0.2) is 0 Å². The van der Waals surface area contributed by atoms with Crippen LogP contribution < -0.4 is 14.4 Å². The van der Waals surface area contributed by atoms with E-state index in [2.05, 4.69) is 15.9 Å². The maximum Gasteiger partial charge on any atom is 0.415 e. The van der Waals surface area contributed by atoms with Crippen LogP contribution in [0.25, 0.3) is 0 Å². The first-order valence-corrected chi connectivity index (χ1v) is 10.1. The number of anilines is 1. The number of amides is 1. The fraction of sp³-hybridized carbons (Fsp3) is 0.409. The molecule has 0 bridgehead atoms. The predicted octanol–water partition coefficient (Wildman–Crippen LogP) is 5.90. The van der Waals surface area contributed by atoms with Gasteiger partial charge in [0.2, 0.25) is 0 Å². The van der Waals surface area contributed by atoms with E-state index in [1.54, 1.807) is 19.1 Å². The molecule has 28 heavy (non-hydrogen) atoms. The van der Waals surface area contributed by atoms with Gasteiger partial charge in [0, 0.05) is 4.47 Å². The van der Waals surface area contributed by atoms with E-state index in [0.29, 0.717) is 5.75 Å². The number of halogens is 1. The van der Waals surface area contributed by atoms with Crippen molar-refractivity contribution in [1.29, 1.82) is 0 Å². The standard InChI is InChI=1S/C22H26BrNO4/c1-22(2,3)28-21(25)24-18(14-6-9-17(26-4)10-7-14)11-8-15-12-16(23)13-19(27-5)20(15)24/h6-7,9-10,12-13,18H,8,11H2,1-5H3. The number of rotatable bonds is 3. The number of hydrogen-bond acceptors (Lipinski definition) is 4. The van der Waals surface area contributed by atoms with Crippen molar-refractivity contribution in [3.05, 3.63) is 52.0 Å². The molecule has 0 saturated carbocycles. The normalized spacial score (nSPS) is 16.4. The lowest BCUT2D eigenvalue weighted by Gasteiger charge is -2.39. The Balaban J connectivity index is 2.10. The number of methoxy groups -OCH3 is 2. The van der Waals surface area contributed by atoms with Crippen molar-refractivity contribution >= 4 is 27.7 Å². The zero-order chi connectivity index (χ0) is 20.5. The van der Waals surface area contributed by atoms with Gasteiger partial charge in [-0.15, -0.1) is 0 Å². The van der Waals surface area contributed by atoms with Crippen molar-refractivity contribution in [2.75, 3.05) is 19.1 Å². The lowest BCUT2D eigenvalue weighted by molar-refractivity contribution is 0.0559. The minimum Gasteiger partial charge on any atom is -0.497 e. The molecule has 6 heteroatoms. The summed E-state index contributed by atoms with van der Waals surface area (Å²) in [6.45, 7) is 5.62. The predicted molar refractivity (Wildman–Crippen MR) is 113 cm³/mol. The first-order chi connectivity index (χ1) is 13.2. The van der Waals surface area contributed by atoms with Crippen LogP contribution in [0.15, 0.2) is 40.9 Å². The molecule has 0 aliphatic carbocycles. The van der Waals surface area contributed by atoms with Crippen molar-refractivity contribution in [2.24, 2.45) is 0 Å². The molecule has 1 atom stereocenters. The molecule has 0 radical (unpaired) electrons. The quantitative estimate of drug-likeness (QED) is 0.587. The average Bonchev–Trinajstić information content (AvgIpc) is 2.65. The molecule has 0 fully saturated rings. The number of benzene rings is 2.